The van der Waals surface area contributed by atoms with Gasteiger partial charge in [-0.25, -0.2) is 4.79 Å². The lowest BCUT2D eigenvalue weighted by Gasteiger charge is -2.28. The van der Waals surface area contributed by atoms with E-state index in [9.17, 15) is 19.0 Å². The lowest BCUT2D eigenvalue weighted by Crippen LogP contribution is -2.37. The van der Waals surface area contributed by atoms with Crippen molar-refractivity contribution in [1.82, 2.24) is 0 Å². The van der Waals surface area contributed by atoms with Gasteiger partial charge in [-0.1, -0.05) is 173 Å². The Kier molecular flexibility index (Phi) is 34.2. The Morgan fingerprint density at radius 2 is 1.10 bits per heavy atom. The predicted octanol–water partition coefficient (Wildman–Crippen LogP) is 10.9. The molecule has 2 unspecified atom stereocenters. The van der Waals surface area contributed by atoms with Crippen molar-refractivity contribution in [2.45, 2.75) is 187 Å². The maximum atomic E-state index is 12.5. The second-order valence-corrected chi connectivity index (χ2v) is 16.8. The maximum absolute atomic E-state index is 12.5. The molecule has 52 heavy (non-hydrogen) atoms. The highest BCUT2D eigenvalue weighted by Gasteiger charge is 2.21. The molecular formula is C42H80NO8P. The zero-order valence-corrected chi connectivity index (χ0v) is 35.2. The van der Waals surface area contributed by atoms with Crippen LogP contribution in [0.25, 0.3) is 0 Å². The number of allylic oxidation sites excluding steroid dienone is 3. The first kappa shape index (κ1) is 50.5. The Balaban J connectivity index is 4.48. The first-order valence-corrected chi connectivity index (χ1v) is 22.5. The van der Waals surface area contributed by atoms with Gasteiger partial charge < -0.3 is 27.9 Å². The van der Waals surface area contributed by atoms with Crippen molar-refractivity contribution in [1.29, 1.82) is 0 Å². The van der Waals surface area contributed by atoms with Gasteiger partial charge in [-0.2, -0.15) is 0 Å². The van der Waals surface area contributed by atoms with Gasteiger partial charge in [-0.3, -0.25) is 9.36 Å². The molecule has 0 saturated carbocycles. The summed E-state index contributed by atoms with van der Waals surface area (Å²) in [6.07, 6.45) is 36.9. The van der Waals surface area contributed by atoms with Gasteiger partial charge in [-0.05, 0) is 19.3 Å². The van der Waals surface area contributed by atoms with Gasteiger partial charge >= 0.3 is 11.9 Å². The Bertz CT molecular complexity index is 949. The van der Waals surface area contributed by atoms with E-state index in [1.54, 1.807) is 6.08 Å². The largest absolute Gasteiger partial charge is 0.756 e. The molecule has 0 rings (SSSR count). The van der Waals surface area contributed by atoms with Crippen LogP contribution < -0.4 is 4.89 Å². The van der Waals surface area contributed by atoms with Crippen molar-refractivity contribution in [2.24, 2.45) is 0 Å². The SMILES string of the molecule is CCCCCCCCCCCCC/C=C/C=C/C(=O)OC(COC(=O)CCCCCCCCCCCCCCC)COP(=O)([O-])OCC[N+](C)(C)C. The van der Waals surface area contributed by atoms with E-state index in [1.807, 2.05) is 33.3 Å². The van der Waals surface area contributed by atoms with Gasteiger partial charge in [-0.15, -0.1) is 0 Å². The molecule has 0 amide bonds. The van der Waals surface area contributed by atoms with Gasteiger partial charge in [0.2, 0.25) is 0 Å². The van der Waals surface area contributed by atoms with Crippen LogP contribution >= 0.6 is 7.82 Å². The molecule has 9 nitrogen and oxygen atoms in total. The molecule has 0 aromatic rings. The Morgan fingerprint density at radius 3 is 1.58 bits per heavy atom. The average molecular weight is 758 g/mol. The fourth-order valence-corrected chi connectivity index (χ4v) is 6.47. The second kappa shape index (κ2) is 35.2. The van der Waals surface area contributed by atoms with Crippen molar-refractivity contribution in [3.05, 3.63) is 24.3 Å². The molecule has 0 aromatic carbocycles. The number of carbonyl (C=O) groups is 2. The molecular weight excluding hydrogens is 677 g/mol. The van der Waals surface area contributed by atoms with Gasteiger partial charge in [0.25, 0.3) is 7.82 Å². The number of phosphoric ester groups is 1. The van der Waals surface area contributed by atoms with E-state index < -0.39 is 32.5 Å². The number of nitrogens with zero attached hydrogens (tertiary/aromatic N) is 1. The first-order chi connectivity index (χ1) is 25.0. The summed E-state index contributed by atoms with van der Waals surface area (Å²) in [6, 6.07) is 0. The maximum Gasteiger partial charge on any atom is 0.331 e. The number of hydrogen-bond acceptors (Lipinski definition) is 8. The molecule has 0 heterocycles. The summed E-state index contributed by atoms with van der Waals surface area (Å²) in [5.74, 6) is -1.08. The van der Waals surface area contributed by atoms with Gasteiger partial charge in [0.1, 0.15) is 19.8 Å². The number of rotatable bonds is 38. The monoisotopic (exact) mass is 758 g/mol. The Labute approximate surface area is 319 Å². The van der Waals surface area contributed by atoms with E-state index in [1.165, 1.54) is 134 Å². The third kappa shape index (κ3) is 38.2. The van der Waals surface area contributed by atoms with Crippen LogP contribution in [0.15, 0.2) is 24.3 Å². The zero-order valence-electron chi connectivity index (χ0n) is 34.3. The van der Waals surface area contributed by atoms with Gasteiger partial charge in [0, 0.05) is 12.5 Å². The number of carbonyl (C=O) groups excluding carboxylic acids is 2. The molecule has 0 fully saturated rings. The van der Waals surface area contributed by atoms with Crippen LogP contribution in [0, 0.1) is 0 Å². The van der Waals surface area contributed by atoms with Crippen molar-refractivity contribution in [3.8, 4) is 0 Å². The quantitative estimate of drug-likeness (QED) is 0.0153. The van der Waals surface area contributed by atoms with Crippen LogP contribution in [0.4, 0.5) is 0 Å². The summed E-state index contributed by atoms with van der Waals surface area (Å²) in [5.41, 5.74) is 0. The Morgan fingerprint density at radius 1 is 0.635 bits per heavy atom. The molecule has 10 heteroatoms. The molecule has 0 spiro atoms. The van der Waals surface area contributed by atoms with E-state index >= 15 is 0 Å². The summed E-state index contributed by atoms with van der Waals surface area (Å²) < 4.78 is 33.6. The van der Waals surface area contributed by atoms with E-state index in [0.717, 1.165) is 32.1 Å². The van der Waals surface area contributed by atoms with Gasteiger partial charge in [0.15, 0.2) is 6.10 Å². The van der Waals surface area contributed by atoms with Crippen LogP contribution in [-0.2, 0) is 32.7 Å². The molecule has 0 aliphatic rings. The highest BCUT2D eigenvalue weighted by atomic mass is 31.2. The molecule has 0 aromatic heterocycles. The van der Waals surface area contributed by atoms with Gasteiger partial charge in [0.05, 0.1) is 27.7 Å². The van der Waals surface area contributed by atoms with Crippen LogP contribution in [0.2, 0.25) is 0 Å². The number of phosphoric acid groups is 1. The van der Waals surface area contributed by atoms with E-state index in [2.05, 4.69) is 13.8 Å². The minimum atomic E-state index is -4.64. The zero-order chi connectivity index (χ0) is 38.6. The third-order valence-electron chi connectivity index (χ3n) is 9.08. The minimum absolute atomic E-state index is 0.0445. The number of quaternary nitrogens is 1. The number of hydrogen-bond donors (Lipinski definition) is 0. The fourth-order valence-electron chi connectivity index (χ4n) is 5.74. The van der Waals surface area contributed by atoms with Crippen LogP contribution in [-0.4, -0.2) is 70.0 Å². The highest BCUT2D eigenvalue weighted by Crippen LogP contribution is 2.38. The van der Waals surface area contributed by atoms with E-state index in [4.69, 9.17) is 18.5 Å². The van der Waals surface area contributed by atoms with E-state index in [0.29, 0.717) is 11.0 Å². The first-order valence-electron chi connectivity index (χ1n) is 21.1. The van der Waals surface area contributed by atoms with Crippen molar-refractivity contribution >= 4 is 19.8 Å². The number of ether oxygens (including phenoxy) is 2. The van der Waals surface area contributed by atoms with Crippen LogP contribution in [0.5, 0.6) is 0 Å². The summed E-state index contributed by atoms with van der Waals surface area (Å²) in [6.45, 7) is 4.10. The smallest absolute Gasteiger partial charge is 0.331 e. The number of unbranched alkanes of at least 4 members (excludes halogenated alkanes) is 23. The topological polar surface area (TPSA) is 111 Å². The number of likely N-dealkylation sites (N-methyl/N-ethyl adjacent to an activating group) is 1. The normalized spacial score (nSPS) is 13.9. The predicted molar refractivity (Wildman–Crippen MR) is 213 cm³/mol. The number of esters is 2. The molecule has 0 bridgehead atoms. The molecule has 0 radical (unpaired) electrons. The highest BCUT2D eigenvalue weighted by molar-refractivity contribution is 7.45. The standard InChI is InChI=1S/C42H80NO8P/c1-6-8-10-12-14-16-18-20-21-23-25-27-29-31-33-35-42(45)51-40(39-50-52(46,47)49-37-36-43(3,4)5)38-48-41(44)34-32-30-28-26-24-22-19-17-15-13-11-9-7-2/h29,31,33,35,40H,6-28,30,32,34,36-39H2,1-5H3/b31-29+,35-33+. The van der Waals surface area contributed by atoms with Crippen molar-refractivity contribution < 1.29 is 42.1 Å². The van der Waals surface area contributed by atoms with Crippen molar-refractivity contribution in [3.63, 3.8) is 0 Å². The summed E-state index contributed by atoms with van der Waals surface area (Å²) in [4.78, 5) is 37.3. The summed E-state index contributed by atoms with van der Waals surface area (Å²) in [7, 11) is 1.12. The minimum Gasteiger partial charge on any atom is -0.756 e. The van der Waals surface area contributed by atoms with Crippen LogP contribution in [0.3, 0.4) is 0 Å². The van der Waals surface area contributed by atoms with Crippen LogP contribution in [0.1, 0.15) is 181 Å². The lowest BCUT2D eigenvalue weighted by atomic mass is 10.0. The lowest BCUT2D eigenvalue weighted by molar-refractivity contribution is -0.870. The molecule has 0 saturated heterocycles. The molecule has 306 valence electrons. The second-order valence-electron chi connectivity index (χ2n) is 15.4. The Hall–Kier alpha value is -1.51. The molecule has 2 atom stereocenters. The third-order valence-corrected chi connectivity index (χ3v) is 10.0. The summed E-state index contributed by atoms with van der Waals surface area (Å²) in [5, 5.41) is 0. The summed E-state index contributed by atoms with van der Waals surface area (Å²) >= 11 is 0. The average Bonchev–Trinajstić information content (AvgIpc) is 3.09. The van der Waals surface area contributed by atoms with Crippen molar-refractivity contribution in [2.75, 3.05) is 47.5 Å². The fraction of sp³-hybridized carbons (Fsp3) is 0.857. The van der Waals surface area contributed by atoms with E-state index in [-0.39, 0.29) is 19.6 Å². The molecule has 0 aliphatic heterocycles. The molecule has 0 N–H and O–H groups in total. The molecule has 0 aliphatic carbocycles.